The van der Waals surface area contributed by atoms with Gasteiger partial charge in [-0.05, 0) is 65.9 Å². The van der Waals surface area contributed by atoms with E-state index in [-0.39, 0.29) is 47.0 Å². The van der Waals surface area contributed by atoms with Gasteiger partial charge in [-0.2, -0.15) is 0 Å². The van der Waals surface area contributed by atoms with Crippen molar-refractivity contribution in [2.45, 2.75) is 57.6 Å². The lowest BCUT2D eigenvalue weighted by Gasteiger charge is -2.56. The van der Waals surface area contributed by atoms with E-state index in [0.717, 1.165) is 48.8 Å². The van der Waals surface area contributed by atoms with E-state index in [9.17, 15) is 14.7 Å². The van der Waals surface area contributed by atoms with Crippen molar-refractivity contribution in [3.8, 4) is 5.75 Å². The summed E-state index contributed by atoms with van der Waals surface area (Å²) in [5, 5.41) is 12.7. The number of hydrogen-bond acceptors (Lipinski definition) is 5. The number of aromatic hydroxyl groups is 1. The van der Waals surface area contributed by atoms with E-state index in [1.165, 1.54) is 6.92 Å². The van der Waals surface area contributed by atoms with Gasteiger partial charge in [0.1, 0.15) is 11.9 Å². The summed E-state index contributed by atoms with van der Waals surface area (Å²) in [5.41, 5.74) is 1.35. The highest BCUT2D eigenvalue weighted by Gasteiger charge is 2.54. The van der Waals surface area contributed by atoms with Crippen molar-refractivity contribution in [2.24, 2.45) is 11.8 Å². The Morgan fingerprint density at radius 1 is 1.12 bits per heavy atom. The highest BCUT2D eigenvalue weighted by Crippen LogP contribution is 2.51. The average molecular weight is 555 g/mol. The Bertz CT molecular complexity index is 1420. The Morgan fingerprint density at radius 2 is 1.90 bits per heavy atom. The van der Waals surface area contributed by atoms with Crippen molar-refractivity contribution >= 4 is 22.6 Å². The van der Waals surface area contributed by atoms with Crippen molar-refractivity contribution in [1.82, 2.24) is 9.80 Å². The molecule has 1 amide bonds. The number of nitrogens with zero attached hydrogens (tertiary/aromatic N) is 2. The summed E-state index contributed by atoms with van der Waals surface area (Å²) < 4.78 is 6.10. The minimum absolute atomic E-state index is 0.00429. The van der Waals surface area contributed by atoms with Crippen molar-refractivity contribution < 1.29 is 19.4 Å². The molecule has 2 fully saturated rings. The molecule has 4 unspecified atom stereocenters. The van der Waals surface area contributed by atoms with Gasteiger partial charge in [-0.25, -0.2) is 0 Å². The second-order valence-corrected chi connectivity index (χ2v) is 12.3. The van der Waals surface area contributed by atoms with E-state index in [1.54, 1.807) is 6.07 Å². The zero-order valence-electron chi connectivity index (χ0n) is 24.5. The topological polar surface area (TPSA) is 70.1 Å². The second-order valence-electron chi connectivity index (χ2n) is 12.3. The monoisotopic (exact) mass is 554 g/mol. The van der Waals surface area contributed by atoms with Crippen LogP contribution < -0.4 is 0 Å². The van der Waals surface area contributed by atoms with Crippen LogP contribution in [0.5, 0.6) is 5.75 Å². The van der Waals surface area contributed by atoms with Gasteiger partial charge in [-0.1, -0.05) is 62.4 Å². The van der Waals surface area contributed by atoms with Gasteiger partial charge >= 0.3 is 5.97 Å². The molecule has 5 rings (SSSR count). The first-order valence-electron chi connectivity index (χ1n) is 14.8. The molecule has 0 bridgehead atoms. The summed E-state index contributed by atoms with van der Waals surface area (Å²) in [6, 6.07) is 21.4. The molecule has 2 aliphatic rings. The zero-order chi connectivity index (χ0) is 29.1. The Morgan fingerprint density at radius 3 is 2.61 bits per heavy atom. The van der Waals surface area contributed by atoms with Gasteiger partial charge in [-0.3, -0.25) is 14.5 Å². The van der Waals surface area contributed by atoms with Crippen LogP contribution in [0.3, 0.4) is 0 Å². The van der Waals surface area contributed by atoms with Gasteiger partial charge in [-0.15, -0.1) is 6.58 Å². The smallest absolute Gasteiger partial charge is 0.302 e. The maximum atomic E-state index is 14.3. The van der Waals surface area contributed by atoms with Crippen molar-refractivity contribution in [1.29, 1.82) is 0 Å². The predicted molar refractivity (Wildman–Crippen MR) is 163 cm³/mol. The van der Waals surface area contributed by atoms with Crippen molar-refractivity contribution in [2.75, 3.05) is 26.2 Å². The highest BCUT2D eigenvalue weighted by atomic mass is 16.5. The number of hydrogen-bond donors (Lipinski definition) is 1. The summed E-state index contributed by atoms with van der Waals surface area (Å²) in [6.45, 7) is 12.7. The van der Waals surface area contributed by atoms with Crippen LogP contribution in [0, 0.1) is 11.8 Å². The molecule has 1 N–H and O–H groups in total. The molecule has 1 saturated carbocycles. The number of carbonyl (C=O) groups excluding carboxylic acids is 2. The van der Waals surface area contributed by atoms with Gasteiger partial charge in [0.15, 0.2) is 0 Å². The van der Waals surface area contributed by atoms with Crippen molar-refractivity contribution in [3.05, 3.63) is 90.5 Å². The molecule has 1 aliphatic carbocycles. The van der Waals surface area contributed by atoms with Crippen LogP contribution in [0.2, 0.25) is 0 Å². The molecule has 6 heteroatoms. The first-order chi connectivity index (χ1) is 19.7. The number of ether oxygens (including phenoxy) is 1. The number of amides is 1. The zero-order valence-corrected chi connectivity index (χ0v) is 24.5. The molecule has 3 aromatic rings. The summed E-state index contributed by atoms with van der Waals surface area (Å²) in [7, 11) is 0. The third kappa shape index (κ3) is 6.03. The minimum atomic E-state index is -0.363. The highest BCUT2D eigenvalue weighted by molar-refractivity contribution is 5.98. The first kappa shape index (κ1) is 28.9. The van der Waals surface area contributed by atoms with Gasteiger partial charge in [0.25, 0.3) is 5.91 Å². The van der Waals surface area contributed by atoms with E-state index >= 15 is 0 Å². The number of carbonyl (C=O) groups is 2. The summed E-state index contributed by atoms with van der Waals surface area (Å²) in [5.74, 6) is 0.203. The van der Waals surface area contributed by atoms with Gasteiger partial charge in [0.2, 0.25) is 0 Å². The number of phenolic OH excluding ortho intramolecular Hbond substituents is 1. The lowest BCUT2D eigenvalue weighted by atomic mass is 9.56. The van der Waals surface area contributed by atoms with Gasteiger partial charge in [0, 0.05) is 55.9 Å². The van der Waals surface area contributed by atoms with E-state index in [4.69, 9.17) is 4.74 Å². The lowest BCUT2D eigenvalue weighted by Crippen LogP contribution is -2.62. The van der Waals surface area contributed by atoms with Crippen LogP contribution in [-0.4, -0.2) is 65.1 Å². The molecule has 4 atom stereocenters. The molecule has 1 saturated heterocycles. The summed E-state index contributed by atoms with van der Waals surface area (Å²) in [4.78, 5) is 31.1. The first-order valence-corrected chi connectivity index (χ1v) is 14.8. The maximum absolute atomic E-state index is 14.3. The number of fused-ring (bicyclic) bond motifs is 2. The fraction of sp³-hybridized carbons (Fsp3) is 0.429. The number of phenols is 1. The van der Waals surface area contributed by atoms with E-state index < -0.39 is 0 Å². The molecule has 0 spiro atoms. The van der Waals surface area contributed by atoms with Gasteiger partial charge in [0.05, 0.1) is 0 Å². The number of likely N-dealkylation sites (tertiary alicyclic amines) is 1. The number of esters is 1. The molecule has 1 heterocycles. The van der Waals surface area contributed by atoms with Crippen LogP contribution in [0.25, 0.3) is 10.8 Å². The Balaban J connectivity index is 1.58. The number of benzene rings is 3. The van der Waals surface area contributed by atoms with E-state index in [2.05, 4.69) is 37.5 Å². The average Bonchev–Trinajstić information content (AvgIpc) is 2.95. The molecular weight excluding hydrogens is 512 g/mol. The van der Waals surface area contributed by atoms with Crippen LogP contribution >= 0.6 is 0 Å². The Hall–Kier alpha value is -3.64. The molecule has 41 heavy (non-hydrogen) atoms. The molecule has 0 radical (unpaired) electrons. The molecule has 216 valence electrons. The van der Waals surface area contributed by atoms with E-state index in [0.29, 0.717) is 18.5 Å². The molecule has 6 nitrogen and oxygen atoms in total. The maximum Gasteiger partial charge on any atom is 0.302 e. The quantitative estimate of drug-likeness (QED) is 0.266. The third-order valence-corrected chi connectivity index (χ3v) is 8.98. The third-order valence-electron chi connectivity index (χ3n) is 8.98. The van der Waals surface area contributed by atoms with Gasteiger partial charge < -0.3 is 14.7 Å². The fourth-order valence-electron chi connectivity index (χ4n) is 7.25. The fourth-order valence-corrected chi connectivity index (χ4v) is 7.25. The van der Waals surface area contributed by atoms with Crippen LogP contribution in [0.1, 0.15) is 56.0 Å². The lowest BCUT2D eigenvalue weighted by molar-refractivity contribution is -0.158. The molecular formula is C35H42N2O4. The predicted octanol–water partition coefficient (Wildman–Crippen LogP) is 6.18. The summed E-state index contributed by atoms with van der Waals surface area (Å²) in [6.07, 6.45) is 3.72. The van der Waals surface area contributed by atoms with Crippen molar-refractivity contribution in [3.63, 3.8) is 0 Å². The number of piperidine rings is 1. The normalized spacial score (nSPS) is 24.5. The Kier molecular flexibility index (Phi) is 8.50. The molecule has 1 aliphatic heterocycles. The van der Waals surface area contributed by atoms with Crippen LogP contribution in [0.4, 0.5) is 0 Å². The Labute approximate surface area is 243 Å². The molecule has 3 aromatic carbocycles. The molecule has 0 aromatic heterocycles. The SMILES string of the molecule is C=CCN1CCC2(c3cccc(O)c3)CC(N(CC(C)C)C(=O)c3ccc4ccccc4c3)CC(OC(C)=O)C2C1. The van der Waals surface area contributed by atoms with Crippen LogP contribution in [-0.2, 0) is 14.9 Å². The second kappa shape index (κ2) is 12.1. The minimum Gasteiger partial charge on any atom is -0.508 e. The largest absolute Gasteiger partial charge is 0.508 e. The standard InChI is InChI=1S/C35H42N2O4/c1-5-16-36-17-15-35(29-11-8-12-31(39)19-29)21-30(20-33(32(35)23-36)41-25(4)38)37(22-24(2)3)34(40)28-14-13-26-9-6-7-10-27(26)18-28/h5-14,18-19,24,30,32-33,39H,1,15-17,20-23H2,2-4H3. The van der Waals surface area contributed by atoms with Crippen LogP contribution in [0.15, 0.2) is 79.4 Å². The van der Waals surface area contributed by atoms with E-state index in [1.807, 2.05) is 59.5 Å². The number of rotatable bonds is 8. The summed E-state index contributed by atoms with van der Waals surface area (Å²) >= 11 is 0.